The van der Waals surface area contributed by atoms with Crippen LogP contribution in [0.25, 0.3) is 22.3 Å². The number of piperidine rings is 2. The van der Waals surface area contributed by atoms with Gasteiger partial charge < -0.3 is 19.4 Å². The lowest BCUT2D eigenvalue weighted by atomic mass is 9.95. The first-order valence-electron chi connectivity index (χ1n) is 21.4. The molecule has 2 aromatic carbocycles. The minimum atomic E-state index is -0.955. The maximum atomic E-state index is 13.4. The van der Waals surface area contributed by atoms with Crippen molar-refractivity contribution < 1.29 is 23.9 Å². The summed E-state index contributed by atoms with van der Waals surface area (Å²) in [5.74, 6) is 1.18. The van der Waals surface area contributed by atoms with Crippen molar-refractivity contribution in [3.05, 3.63) is 59.9 Å². The fourth-order valence-electron chi connectivity index (χ4n) is 9.89. The highest BCUT2D eigenvalue weighted by atomic mass is 16.5. The monoisotopic (exact) mass is 800 g/mol. The number of ether oxygens (including phenoxy) is 1. The highest BCUT2D eigenvalue weighted by Crippen LogP contribution is 2.41. The number of imide groups is 2. The van der Waals surface area contributed by atoms with Crippen LogP contribution in [-0.4, -0.2) is 135 Å². The Morgan fingerprint density at radius 2 is 1.63 bits per heavy atom. The third-order valence-corrected chi connectivity index (χ3v) is 13.6. The van der Waals surface area contributed by atoms with Crippen LogP contribution in [0.4, 0.5) is 11.5 Å². The van der Waals surface area contributed by atoms with Crippen molar-refractivity contribution in [3.63, 3.8) is 0 Å². The van der Waals surface area contributed by atoms with Gasteiger partial charge in [0.05, 0.1) is 22.3 Å². The highest BCUT2D eigenvalue weighted by molar-refractivity contribution is 6.23. The van der Waals surface area contributed by atoms with Gasteiger partial charge in [-0.05, 0) is 107 Å². The number of carbonyl (C=O) groups is 4. The number of benzene rings is 2. The van der Waals surface area contributed by atoms with E-state index in [0.717, 1.165) is 129 Å². The topological polar surface area (TPSA) is 160 Å². The third-order valence-electron chi connectivity index (χ3n) is 13.6. The molecule has 15 heteroatoms. The molecule has 5 aliphatic heterocycles. The zero-order valence-corrected chi connectivity index (χ0v) is 33.9. The maximum absolute atomic E-state index is 13.4. The predicted molar refractivity (Wildman–Crippen MR) is 221 cm³/mol. The first-order valence-corrected chi connectivity index (χ1v) is 21.4. The van der Waals surface area contributed by atoms with Crippen molar-refractivity contribution in [1.29, 1.82) is 0 Å². The number of carbonyl (C=O) groups excluding carboxylic acids is 4. The molecule has 5 fully saturated rings. The van der Waals surface area contributed by atoms with Crippen molar-refractivity contribution in [2.75, 3.05) is 68.7 Å². The second-order valence-electron chi connectivity index (χ2n) is 17.9. The Labute approximate surface area is 343 Å². The molecule has 2 N–H and O–H groups in total. The first kappa shape index (κ1) is 37.8. The van der Waals surface area contributed by atoms with Gasteiger partial charge in [0.2, 0.25) is 11.8 Å². The molecule has 15 nitrogen and oxygen atoms in total. The minimum absolute atomic E-state index is 0.0487. The van der Waals surface area contributed by atoms with Crippen molar-refractivity contribution in [2.45, 2.75) is 76.5 Å². The number of H-pyrrole nitrogens is 1. The van der Waals surface area contributed by atoms with E-state index in [0.29, 0.717) is 29.0 Å². The van der Waals surface area contributed by atoms with Crippen LogP contribution in [0.1, 0.15) is 79.5 Å². The van der Waals surface area contributed by atoms with Crippen LogP contribution in [0.15, 0.2) is 48.8 Å². The number of aromatic nitrogens is 4. The number of fused-ring (bicyclic) bond motifs is 2. The number of hydrogen-bond donors (Lipinski definition) is 2. The van der Waals surface area contributed by atoms with E-state index in [1.807, 2.05) is 24.3 Å². The van der Waals surface area contributed by atoms with Crippen LogP contribution in [-0.2, 0) is 9.59 Å². The zero-order valence-electron chi connectivity index (χ0n) is 33.9. The van der Waals surface area contributed by atoms with Gasteiger partial charge >= 0.3 is 0 Å². The van der Waals surface area contributed by atoms with Gasteiger partial charge in [-0.15, -0.1) is 0 Å². The van der Waals surface area contributed by atoms with Gasteiger partial charge in [0.1, 0.15) is 35.2 Å². The Morgan fingerprint density at radius 1 is 0.814 bits per heavy atom. The molecule has 59 heavy (non-hydrogen) atoms. The number of likely N-dealkylation sites (tertiary alicyclic amines) is 1. The second kappa shape index (κ2) is 15.0. The summed E-state index contributed by atoms with van der Waals surface area (Å²) < 4.78 is 6.24. The summed E-state index contributed by atoms with van der Waals surface area (Å²) in [6, 6.07) is 13.1. The number of aromatic amines is 1. The maximum Gasteiger partial charge on any atom is 0.262 e. The van der Waals surface area contributed by atoms with Crippen molar-refractivity contribution in [1.82, 2.24) is 40.2 Å². The highest BCUT2D eigenvalue weighted by Gasteiger charge is 2.45. The average molecular weight is 801 g/mol. The lowest BCUT2D eigenvalue weighted by molar-refractivity contribution is -0.136. The molecule has 4 saturated heterocycles. The van der Waals surface area contributed by atoms with Crippen LogP contribution in [0, 0.1) is 11.8 Å². The van der Waals surface area contributed by atoms with E-state index in [4.69, 9.17) is 9.72 Å². The number of anilines is 2. The molecular formula is C44H52N10O5. The van der Waals surface area contributed by atoms with E-state index in [1.54, 1.807) is 12.4 Å². The number of amides is 4. The summed E-state index contributed by atoms with van der Waals surface area (Å²) in [6.45, 7) is 13.6. The largest absolute Gasteiger partial charge is 0.488 e. The summed E-state index contributed by atoms with van der Waals surface area (Å²) in [5, 5.41) is 11.1. The average Bonchev–Trinajstić information content (AvgIpc) is 3.50. The fourth-order valence-corrected chi connectivity index (χ4v) is 9.89. The van der Waals surface area contributed by atoms with E-state index in [1.165, 1.54) is 6.42 Å². The molecule has 10 rings (SSSR count). The van der Waals surface area contributed by atoms with Crippen molar-refractivity contribution >= 4 is 46.0 Å². The number of nitrogens with zero attached hydrogens (tertiary/aromatic N) is 8. The third kappa shape index (κ3) is 7.43. The van der Waals surface area contributed by atoms with Crippen LogP contribution in [0.3, 0.4) is 0 Å². The molecule has 2 aromatic heterocycles. The van der Waals surface area contributed by atoms with Crippen LogP contribution in [0.2, 0.25) is 0 Å². The van der Waals surface area contributed by atoms with E-state index in [-0.39, 0.29) is 24.3 Å². The molecule has 3 atom stereocenters. The Bertz CT molecular complexity index is 2320. The normalized spacial score (nSPS) is 25.3. The van der Waals surface area contributed by atoms with E-state index < -0.39 is 23.8 Å². The summed E-state index contributed by atoms with van der Waals surface area (Å²) in [4.78, 5) is 71.0. The zero-order chi connectivity index (χ0) is 40.4. The van der Waals surface area contributed by atoms with Crippen LogP contribution in [0.5, 0.6) is 5.75 Å². The molecular weight excluding hydrogens is 749 g/mol. The Morgan fingerprint density at radius 3 is 2.42 bits per heavy atom. The molecule has 1 aliphatic carbocycles. The van der Waals surface area contributed by atoms with Crippen molar-refractivity contribution in [3.8, 4) is 17.1 Å². The Kier molecular flexibility index (Phi) is 9.62. The lowest BCUT2D eigenvalue weighted by Gasteiger charge is -2.41. The number of nitrogens with one attached hydrogen (secondary N) is 2. The molecule has 4 amide bonds. The standard InChI is InChI=1S/C44H52N10O5/c1-27-22-53(38-21-36(45-26-46-38)40-34-20-31(59-44(2)12-13-44)4-6-35(34)48-49-40)18-17-52(27)25-29-9-14-50(24-29)23-28-10-15-51(16-11-28)30-3-5-32-33(19-30)43(58)54(42(32)57)37-7-8-39(55)47-41(37)56/h3-6,19-21,26-29,37H,7-18,22-25H2,1-2H3,(H,48,49)(H,47,55,56)/t27-,29+,37?/m0/s1. The molecule has 0 bridgehead atoms. The van der Waals surface area contributed by atoms with Gasteiger partial charge in [0.15, 0.2) is 0 Å². The summed E-state index contributed by atoms with van der Waals surface area (Å²) in [6.07, 6.45) is 7.45. The molecule has 1 saturated carbocycles. The van der Waals surface area contributed by atoms with Gasteiger partial charge in [-0.25, -0.2) is 9.97 Å². The molecule has 1 unspecified atom stereocenters. The summed E-state index contributed by atoms with van der Waals surface area (Å²) in [5.41, 5.74) is 4.12. The molecule has 0 spiro atoms. The van der Waals surface area contributed by atoms with Gasteiger partial charge in [-0.3, -0.25) is 39.4 Å². The number of rotatable bonds is 10. The number of hydrogen-bond acceptors (Lipinski definition) is 12. The van der Waals surface area contributed by atoms with E-state index >= 15 is 0 Å². The molecule has 4 aromatic rings. The smallest absolute Gasteiger partial charge is 0.262 e. The predicted octanol–water partition coefficient (Wildman–Crippen LogP) is 4.10. The van der Waals surface area contributed by atoms with Gasteiger partial charge in [-0.2, -0.15) is 5.10 Å². The molecule has 0 radical (unpaired) electrons. The van der Waals surface area contributed by atoms with Crippen LogP contribution < -0.4 is 19.9 Å². The quantitative estimate of drug-likeness (QED) is 0.222. The van der Waals surface area contributed by atoms with Gasteiger partial charge in [-0.1, -0.05) is 0 Å². The minimum Gasteiger partial charge on any atom is -0.488 e. The van der Waals surface area contributed by atoms with Gasteiger partial charge in [0, 0.05) is 82.0 Å². The first-order chi connectivity index (χ1) is 28.6. The fraction of sp³-hybridized carbons (Fsp3) is 0.523. The van der Waals surface area contributed by atoms with Crippen LogP contribution >= 0.6 is 0 Å². The lowest BCUT2D eigenvalue weighted by Crippen LogP contribution is -2.54. The summed E-state index contributed by atoms with van der Waals surface area (Å²) >= 11 is 0. The molecule has 7 heterocycles. The molecule has 6 aliphatic rings. The Hall–Kier alpha value is -5.41. The Balaban J connectivity index is 0.694. The van der Waals surface area contributed by atoms with Crippen molar-refractivity contribution in [2.24, 2.45) is 11.8 Å². The second-order valence-corrected chi connectivity index (χ2v) is 17.9. The summed E-state index contributed by atoms with van der Waals surface area (Å²) in [7, 11) is 0. The molecule has 308 valence electrons. The van der Waals surface area contributed by atoms with E-state index in [9.17, 15) is 19.2 Å². The van der Waals surface area contributed by atoms with Gasteiger partial charge in [0.25, 0.3) is 11.8 Å². The number of piperazine rings is 1. The van der Waals surface area contributed by atoms with E-state index in [2.05, 4.69) is 66.1 Å². The SMILES string of the molecule is C[C@H]1CN(c2cc(-c3n[nH]c4ccc(OC5(C)CC5)cc34)ncn2)CCN1C[C@@H]1CCN(CC2CCN(c3ccc4c(c3)C(=O)N(C3CCC(=O)NC3=O)C4=O)CC2)C1.